The van der Waals surface area contributed by atoms with E-state index in [1.165, 1.54) is 25.0 Å². The van der Waals surface area contributed by atoms with Gasteiger partial charge in [-0.1, -0.05) is 26.7 Å². The van der Waals surface area contributed by atoms with E-state index < -0.39 is 11.6 Å². The highest BCUT2D eigenvalue weighted by Gasteiger charge is 2.26. The summed E-state index contributed by atoms with van der Waals surface area (Å²) in [6, 6.07) is 4.16. The Bertz CT molecular complexity index is 385. The van der Waals surface area contributed by atoms with E-state index in [0.29, 0.717) is 24.1 Å². The molecule has 100 valence electrons. The maximum absolute atomic E-state index is 13.1. The molecule has 0 aliphatic heterocycles. The van der Waals surface area contributed by atoms with Crippen LogP contribution in [0.4, 0.5) is 8.78 Å². The van der Waals surface area contributed by atoms with Crippen LogP contribution in [0.1, 0.15) is 38.7 Å². The number of hydrogen-bond acceptors (Lipinski definition) is 1. The van der Waals surface area contributed by atoms with Gasteiger partial charge in [0.25, 0.3) is 0 Å². The molecule has 1 aliphatic rings. The van der Waals surface area contributed by atoms with Gasteiger partial charge in [0.1, 0.15) is 11.6 Å². The summed E-state index contributed by atoms with van der Waals surface area (Å²) in [6.45, 7) is 5.07. The Kier molecular flexibility index (Phi) is 4.33. The average Bonchev–Trinajstić information content (AvgIpc) is 2.30. The molecule has 1 N–H and O–H groups in total. The van der Waals surface area contributed by atoms with Crippen LogP contribution in [-0.4, -0.2) is 6.04 Å². The van der Waals surface area contributed by atoms with E-state index in [0.717, 1.165) is 18.4 Å². The first-order valence-corrected chi connectivity index (χ1v) is 6.74. The van der Waals surface area contributed by atoms with Crippen molar-refractivity contribution in [2.45, 2.75) is 45.7 Å². The van der Waals surface area contributed by atoms with Crippen LogP contribution >= 0.6 is 0 Å². The fourth-order valence-electron chi connectivity index (χ4n) is 2.83. The average molecular weight is 253 g/mol. The van der Waals surface area contributed by atoms with Gasteiger partial charge in [0, 0.05) is 18.7 Å². The lowest BCUT2D eigenvalue weighted by atomic mass is 9.78. The van der Waals surface area contributed by atoms with Crippen molar-refractivity contribution in [2.24, 2.45) is 11.8 Å². The number of halogens is 2. The summed E-state index contributed by atoms with van der Waals surface area (Å²) in [5.74, 6) is 0.339. The van der Waals surface area contributed by atoms with Crippen molar-refractivity contribution in [1.82, 2.24) is 5.32 Å². The van der Waals surface area contributed by atoms with Crippen molar-refractivity contribution in [3.8, 4) is 0 Å². The topological polar surface area (TPSA) is 12.0 Å². The van der Waals surface area contributed by atoms with Crippen molar-refractivity contribution in [3.05, 3.63) is 35.4 Å². The minimum atomic E-state index is -0.503. The molecule has 0 aromatic heterocycles. The number of hydrogen-bond donors (Lipinski definition) is 1. The molecule has 3 unspecified atom stereocenters. The van der Waals surface area contributed by atoms with Crippen LogP contribution in [-0.2, 0) is 6.54 Å². The van der Waals surface area contributed by atoms with Gasteiger partial charge in [-0.3, -0.25) is 0 Å². The summed E-state index contributed by atoms with van der Waals surface area (Å²) >= 11 is 0. The Balaban J connectivity index is 1.94. The Hall–Kier alpha value is -0.960. The zero-order chi connectivity index (χ0) is 13.1. The molecular formula is C15H21F2N. The first-order chi connectivity index (χ1) is 8.56. The van der Waals surface area contributed by atoms with Crippen molar-refractivity contribution in [2.75, 3.05) is 0 Å². The third-order valence-corrected chi connectivity index (χ3v) is 4.20. The Morgan fingerprint density at radius 1 is 1.11 bits per heavy atom. The number of rotatable bonds is 3. The Morgan fingerprint density at radius 3 is 2.44 bits per heavy atom. The lowest BCUT2D eigenvalue weighted by Gasteiger charge is -2.34. The smallest absolute Gasteiger partial charge is 0.126 e. The summed E-state index contributed by atoms with van der Waals surface area (Å²) in [7, 11) is 0. The highest BCUT2D eigenvalue weighted by molar-refractivity contribution is 5.17. The van der Waals surface area contributed by atoms with E-state index in [1.54, 1.807) is 0 Å². The van der Waals surface area contributed by atoms with Crippen molar-refractivity contribution < 1.29 is 8.78 Å². The van der Waals surface area contributed by atoms with E-state index in [4.69, 9.17) is 0 Å². The second kappa shape index (κ2) is 5.79. The Morgan fingerprint density at radius 2 is 1.78 bits per heavy atom. The van der Waals surface area contributed by atoms with Gasteiger partial charge in [0.2, 0.25) is 0 Å². The molecule has 18 heavy (non-hydrogen) atoms. The van der Waals surface area contributed by atoms with Crippen molar-refractivity contribution in [3.63, 3.8) is 0 Å². The predicted octanol–water partition coefficient (Wildman–Crippen LogP) is 3.88. The minimum Gasteiger partial charge on any atom is -0.310 e. The summed E-state index contributed by atoms with van der Waals surface area (Å²) in [5, 5.41) is 3.44. The molecule has 0 bridgehead atoms. The third-order valence-electron chi connectivity index (χ3n) is 4.20. The molecular weight excluding hydrogens is 232 g/mol. The van der Waals surface area contributed by atoms with Crippen LogP contribution < -0.4 is 5.32 Å². The van der Waals surface area contributed by atoms with Gasteiger partial charge in [0.05, 0.1) is 0 Å². The van der Waals surface area contributed by atoms with E-state index in [1.807, 2.05) is 0 Å². The highest BCUT2D eigenvalue weighted by atomic mass is 19.1. The predicted molar refractivity (Wildman–Crippen MR) is 69.2 cm³/mol. The minimum absolute atomic E-state index is 0.458. The zero-order valence-electron chi connectivity index (χ0n) is 11.0. The quantitative estimate of drug-likeness (QED) is 0.862. The molecule has 0 heterocycles. The molecule has 0 radical (unpaired) electrons. The molecule has 1 aromatic carbocycles. The van der Waals surface area contributed by atoms with Crippen LogP contribution in [0.2, 0.25) is 0 Å². The largest absolute Gasteiger partial charge is 0.310 e. The number of nitrogens with one attached hydrogen (secondary N) is 1. The summed E-state index contributed by atoms with van der Waals surface area (Å²) in [5.41, 5.74) is 0.679. The van der Waals surface area contributed by atoms with Crippen LogP contribution in [0.15, 0.2) is 18.2 Å². The van der Waals surface area contributed by atoms with Crippen LogP contribution in [0.25, 0.3) is 0 Å². The van der Waals surface area contributed by atoms with E-state index in [2.05, 4.69) is 19.2 Å². The maximum Gasteiger partial charge on any atom is 0.126 e. The second-order valence-electron chi connectivity index (χ2n) is 5.53. The van der Waals surface area contributed by atoms with Gasteiger partial charge >= 0.3 is 0 Å². The third kappa shape index (κ3) is 3.29. The SMILES string of the molecule is CC1CCCC(NCc2cc(F)cc(F)c2)C1C. The lowest BCUT2D eigenvalue weighted by Crippen LogP contribution is -2.40. The first kappa shape index (κ1) is 13.5. The highest BCUT2D eigenvalue weighted by Crippen LogP contribution is 2.29. The molecule has 0 spiro atoms. The van der Waals surface area contributed by atoms with E-state index in [9.17, 15) is 8.78 Å². The van der Waals surface area contributed by atoms with Crippen LogP contribution in [0.5, 0.6) is 0 Å². The van der Waals surface area contributed by atoms with Crippen molar-refractivity contribution in [1.29, 1.82) is 0 Å². The van der Waals surface area contributed by atoms with Gasteiger partial charge in [-0.05, 0) is 36.0 Å². The molecule has 0 amide bonds. The molecule has 1 nitrogen and oxygen atoms in total. The molecule has 1 aromatic rings. The van der Waals surface area contributed by atoms with Crippen LogP contribution in [0.3, 0.4) is 0 Å². The molecule has 3 atom stereocenters. The molecule has 0 saturated heterocycles. The summed E-state index contributed by atoms with van der Waals surface area (Å²) in [6.07, 6.45) is 3.68. The van der Waals surface area contributed by atoms with E-state index in [-0.39, 0.29) is 0 Å². The second-order valence-corrected chi connectivity index (χ2v) is 5.53. The van der Waals surface area contributed by atoms with Crippen molar-refractivity contribution >= 4 is 0 Å². The van der Waals surface area contributed by atoms with Gasteiger partial charge in [-0.25, -0.2) is 8.78 Å². The lowest BCUT2D eigenvalue weighted by molar-refractivity contribution is 0.206. The van der Waals surface area contributed by atoms with Crippen LogP contribution in [0, 0.1) is 23.5 Å². The standard InChI is InChI=1S/C15H21F2N/c1-10-4-3-5-15(11(10)2)18-9-12-6-13(16)8-14(17)7-12/h6-8,10-11,15,18H,3-5,9H2,1-2H3. The molecule has 1 aliphatic carbocycles. The molecule has 1 fully saturated rings. The fraction of sp³-hybridized carbons (Fsp3) is 0.600. The Labute approximate surface area is 108 Å². The normalized spacial score (nSPS) is 28.3. The monoisotopic (exact) mass is 253 g/mol. The summed E-state index contributed by atoms with van der Waals surface area (Å²) < 4.78 is 26.1. The summed E-state index contributed by atoms with van der Waals surface area (Å²) in [4.78, 5) is 0. The molecule has 1 saturated carbocycles. The maximum atomic E-state index is 13.1. The molecule has 3 heteroatoms. The van der Waals surface area contributed by atoms with Gasteiger partial charge in [0.15, 0.2) is 0 Å². The first-order valence-electron chi connectivity index (χ1n) is 6.74. The molecule has 2 rings (SSSR count). The zero-order valence-corrected chi connectivity index (χ0v) is 11.0. The van der Waals surface area contributed by atoms with Gasteiger partial charge in [-0.15, -0.1) is 0 Å². The fourth-order valence-corrected chi connectivity index (χ4v) is 2.83. The van der Waals surface area contributed by atoms with Gasteiger partial charge < -0.3 is 5.32 Å². The van der Waals surface area contributed by atoms with E-state index >= 15 is 0 Å². The number of benzene rings is 1. The van der Waals surface area contributed by atoms with Gasteiger partial charge in [-0.2, -0.15) is 0 Å².